The number of nitrogens with one attached hydrogen (secondary N) is 1. The van der Waals surface area contributed by atoms with Crippen LogP contribution < -0.4 is 5.32 Å². The second-order valence-electron chi connectivity index (χ2n) is 3.67. The Bertz CT molecular complexity index is 424. The van der Waals surface area contributed by atoms with Gasteiger partial charge < -0.3 is 10.0 Å². The summed E-state index contributed by atoms with van der Waals surface area (Å²) in [6, 6.07) is -0.401. The van der Waals surface area contributed by atoms with Gasteiger partial charge in [0.25, 0.3) is 5.95 Å². The Labute approximate surface area is 96.7 Å². The fourth-order valence-electron chi connectivity index (χ4n) is 1.63. The van der Waals surface area contributed by atoms with Gasteiger partial charge in [-0.3, -0.25) is 10.1 Å². The van der Waals surface area contributed by atoms with E-state index in [-0.39, 0.29) is 12.5 Å². The lowest BCUT2D eigenvalue weighted by Gasteiger charge is -2.15. The second kappa shape index (κ2) is 4.73. The number of nitrogens with zero attached hydrogens (tertiary/aromatic N) is 4. The van der Waals surface area contributed by atoms with E-state index in [1.165, 1.54) is 17.3 Å². The van der Waals surface area contributed by atoms with Crippen LogP contribution in [0.25, 0.3) is 0 Å². The first-order valence-corrected chi connectivity index (χ1v) is 5.09. The van der Waals surface area contributed by atoms with Crippen LogP contribution in [0.1, 0.15) is 6.42 Å². The third-order valence-corrected chi connectivity index (χ3v) is 2.53. The van der Waals surface area contributed by atoms with Gasteiger partial charge in [0.2, 0.25) is 0 Å². The Balaban J connectivity index is 1.92. The molecule has 2 amide bonds. The SMILES string of the molecule is O=C(O)C1CCN(C(=O)Nc2nccnn2)C1. The molecule has 2 heterocycles. The highest BCUT2D eigenvalue weighted by Gasteiger charge is 2.31. The van der Waals surface area contributed by atoms with Crippen molar-refractivity contribution in [3.05, 3.63) is 12.4 Å². The molecule has 1 unspecified atom stereocenters. The molecule has 17 heavy (non-hydrogen) atoms. The number of carbonyl (C=O) groups is 2. The molecule has 1 atom stereocenters. The van der Waals surface area contributed by atoms with Crippen molar-refractivity contribution in [3.8, 4) is 0 Å². The van der Waals surface area contributed by atoms with E-state index in [9.17, 15) is 9.59 Å². The van der Waals surface area contributed by atoms with Crippen molar-refractivity contribution >= 4 is 17.9 Å². The molecule has 0 aromatic carbocycles. The number of carbonyl (C=O) groups excluding carboxylic acids is 1. The zero-order chi connectivity index (χ0) is 12.3. The first kappa shape index (κ1) is 11.2. The molecule has 0 bridgehead atoms. The summed E-state index contributed by atoms with van der Waals surface area (Å²) in [5.74, 6) is -1.26. The number of aliphatic carboxylic acids is 1. The van der Waals surface area contributed by atoms with E-state index in [1.807, 2.05) is 0 Å². The van der Waals surface area contributed by atoms with Crippen LogP contribution >= 0.6 is 0 Å². The lowest BCUT2D eigenvalue weighted by molar-refractivity contribution is -0.141. The first-order valence-electron chi connectivity index (χ1n) is 5.09. The Hall–Kier alpha value is -2.25. The molecule has 2 N–H and O–H groups in total. The predicted molar refractivity (Wildman–Crippen MR) is 56.2 cm³/mol. The van der Waals surface area contributed by atoms with E-state index in [0.29, 0.717) is 13.0 Å². The van der Waals surface area contributed by atoms with Gasteiger partial charge in [0.05, 0.1) is 18.3 Å². The third kappa shape index (κ3) is 2.65. The molecule has 1 aromatic rings. The molecule has 0 saturated carbocycles. The number of rotatable bonds is 2. The molecule has 8 heteroatoms. The molecule has 1 saturated heterocycles. The Kier molecular flexibility index (Phi) is 3.12. The number of carboxylic acids is 1. The van der Waals surface area contributed by atoms with Crippen molar-refractivity contribution in [2.24, 2.45) is 5.92 Å². The standard InChI is InChI=1S/C9H11N5O3/c15-7(16)6-1-4-14(5-6)9(17)12-8-10-2-3-11-13-8/h2-3,6H,1,4-5H2,(H,15,16)(H,10,12,13,17). The minimum atomic E-state index is -0.877. The van der Waals surface area contributed by atoms with Gasteiger partial charge in [-0.25, -0.2) is 9.78 Å². The van der Waals surface area contributed by atoms with Crippen molar-refractivity contribution < 1.29 is 14.7 Å². The predicted octanol–water partition coefficient (Wildman–Crippen LogP) is -0.190. The first-order chi connectivity index (χ1) is 8.16. The molecule has 1 fully saturated rings. The van der Waals surface area contributed by atoms with Gasteiger partial charge in [0.1, 0.15) is 0 Å². The third-order valence-electron chi connectivity index (χ3n) is 2.53. The van der Waals surface area contributed by atoms with Crippen molar-refractivity contribution in [1.82, 2.24) is 20.1 Å². The molecular formula is C9H11N5O3. The zero-order valence-electron chi connectivity index (χ0n) is 8.91. The normalized spacial score (nSPS) is 19.1. The van der Waals surface area contributed by atoms with Crippen LogP contribution in [-0.2, 0) is 4.79 Å². The molecular weight excluding hydrogens is 226 g/mol. The smallest absolute Gasteiger partial charge is 0.324 e. The topological polar surface area (TPSA) is 108 Å². The Morgan fingerprint density at radius 2 is 2.29 bits per heavy atom. The molecule has 0 aliphatic carbocycles. The van der Waals surface area contributed by atoms with Crippen LogP contribution in [0.4, 0.5) is 10.7 Å². The fraction of sp³-hybridized carbons (Fsp3) is 0.444. The number of hydrogen-bond acceptors (Lipinski definition) is 5. The van der Waals surface area contributed by atoms with Crippen LogP contribution in [0.15, 0.2) is 12.4 Å². The summed E-state index contributed by atoms with van der Waals surface area (Å²) >= 11 is 0. The summed E-state index contributed by atoms with van der Waals surface area (Å²) in [6.45, 7) is 0.629. The summed E-state index contributed by atoms with van der Waals surface area (Å²) in [5, 5.41) is 18.4. The summed E-state index contributed by atoms with van der Waals surface area (Å²) in [7, 11) is 0. The maximum atomic E-state index is 11.7. The van der Waals surface area contributed by atoms with Gasteiger partial charge in [0, 0.05) is 13.1 Å². The molecule has 0 spiro atoms. The Morgan fingerprint density at radius 3 is 2.88 bits per heavy atom. The quantitative estimate of drug-likeness (QED) is 0.738. The number of likely N-dealkylation sites (tertiary alicyclic amines) is 1. The van der Waals surface area contributed by atoms with Crippen LogP contribution in [-0.4, -0.2) is 50.3 Å². The van der Waals surface area contributed by atoms with Crippen LogP contribution in [0.3, 0.4) is 0 Å². The maximum absolute atomic E-state index is 11.7. The van der Waals surface area contributed by atoms with E-state index < -0.39 is 17.9 Å². The molecule has 1 aliphatic heterocycles. The second-order valence-corrected chi connectivity index (χ2v) is 3.67. The lowest BCUT2D eigenvalue weighted by Crippen LogP contribution is -2.34. The number of urea groups is 1. The number of amides is 2. The molecule has 8 nitrogen and oxygen atoms in total. The minimum absolute atomic E-state index is 0.108. The molecule has 90 valence electrons. The monoisotopic (exact) mass is 237 g/mol. The number of carboxylic acid groups (broad SMARTS) is 1. The van der Waals surface area contributed by atoms with Crippen molar-refractivity contribution in [1.29, 1.82) is 0 Å². The average molecular weight is 237 g/mol. The largest absolute Gasteiger partial charge is 0.481 e. The van der Waals surface area contributed by atoms with Crippen molar-refractivity contribution in [3.63, 3.8) is 0 Å². The summed E-state index contributed by atoms with van der Waals surface area (Å²) < 4.78 is 0. The van der Waals surface area contributed by atoms with Crippen LogP contribution in [0.2, 0.25) is 0 Å². The molecule has 2 rings (SSSR count). The van der Waals surface area contributed by atoms with Crippen LogP contribution in [0.5, 0.6) is 0 Å². The number of aromatic nitrogens is 3. The maximum Gasteiger partial charge on any atom is 0.324 e. The average Bonchev–Trinajstić information content (AvgIpc) is 2.79. The fourth-order valence-corrected chi connectivity index (χ4v) is 1.63. The van der Waals surface area contributed by atoms with Gasteiger partial charge in [0.15, 0.2) is 0 Å². The van der Waals surface area contributed by atoms with E-state index in [0.717, 1.165) is 0 Å². The van der Waals surface area contributed by atoms with Crippen molar-refractivity contribution in [2.75, 3.05) is 18.4 Å². The van der Waals surface area contributed by atoms with Gasteiger partial charge in [-0.2, -0.15) is 5.10 Å². The summed E-state index contributed by atoms with van der Waals surface area (Å²) in [5.41, 5.74) is 0. The summed E-state index contributed by atoms with van der Waals surface area (Å²) in [4.78, 5) is 27.7. The van der Waals surface area contributed by atoms with E-state index in [4.69, 9.17) is 5.11 Å². The molecule has 1 aliphatic rings. The minimum Gasteiger partial charge on any atom is -0.481 e. The van der Waals surface area contributed by atoms with Crippen molar-refractivity contribution in [2.45, 2.75) is 6.42 Å². The highest BCUT2D eigenvalue weighted by atomic mass is 16.4. The molecule has 1 aromatic heterocycles. The molecule has 0 radical (unpaired) electrons. The number of hydrogen-bond donors (Lipinski definition) is 2. The summed E-state index contributed by atoms with van der Waals surface area (Å²) in [6.07, 6.45) is 3.27. The van der Waals surface area contributed by atoms with E-state index in [2.05, 4.69) is 20.5 Å². The zero-order valence-corrected chi connectivity index (χ0v) is 8.91. The highest BCUT2D eigenvalue weighted by Crippen LogP contribution is 2.16. The van der Waals surface area contributed by atoms with Crippen LogP contribution in [0, 0.1) is 5.92 Å². The van der Waals surface area contributed by atoms with Gasteiger partial charge in [-0.1, -0.05) is 0 Å². The van der Waals surface area contributed by atoms with Gasteiger partial charge >= 0.3 is 12.0 Å². The van der Waals surface area contributed by atoms with Gasteiger partial charge in [-0.05, 0) is 6.42 Å². The highest BCUT2D eigenvalue weighted by molar-refractivity contribution is 5.88. The Morgan fingerprint density at radius 1 is 1.47 bits per heavy atom. The van der Waals surface area contributed by atoms with E-state index >= 15 is 0 Å². The van der Waals surface area contributed by atoms with E-state index in [1.54, 1.807) is 0 Å². The lowest BCUT2D eigenvalue weighted by atomic mass is 10.1. The number of anilines is 1. The van der Waals surface area contributed by atoms with Gasteiger partial charge in [-0.15, -0.1) is 5.10 Å².